The van der Waals surface area contributed by atoms with Gasteiger partial charge >= 0.3 is 0 Å². The number of rotatable bonds is 4. The van der Waals surface area contributed by atoms with Crippen LogP contribution in [0.1, 0.15) is 27.3 Å². The van der Waals surface area contributed by atoms with Crippen molar-refractivity contribution in [1.82, 2.24) is 24.1 Å². The fraction of sp³-hybridized carbons (Fsp3) is 0.200. The number of para-hydroxylation sites is 1. The molecule has 7 nitrogen and oxygen atoms in total. The largest absolute Gasteiger partial charge is 0.337 e. The summed E-state index contributed by atoms with van der Waals surface area (Å²) < 4.78 is 3.27. The van der Waals surface area contributed by atoms with Crippen LogP contribution in [0.15, 0.2) is 52.9 Å². The smallest absolute Gasteiger partial charge is 0.271 e. The van der Waals surface area contributed by atoms with Crippen LogP contribution in [0.3, 0.4) is 0 Å². The maximum Gasteiger partial charge on any atom is 0.271 e. The van der Waals surface area contributed by atoms with Crippen LogP contribution < -0.4 is 5.56 Å². The van der Waals surface area contributed by atoms with E-state index < -0.39 is 0 Å². The van der Waals surface area contributed by atoms with Gasteiger partial charge in [0.2, 0.25) is 0 Å². The molecule has 0 saturated carbocycles. The first-order chi connectivity index (χ1) is 13.5. The minimum absolute atomic E-state index is 0.0594. The van der Waals surface area contributed by atoms with Crippen molar-refractivity contribution in [2.45, 2.75) is 20.4 Å². The normalized spacial score (nSPS) is 11.1. The Morgan fingerprint density at radius 1 is 1.21 bits per heavy atom. The highest BCUT2D eigenvalue weighted by Gasteiger charge is 2.21. The van der Waals surface area contributed by atoms with Gasteiger partial charge in [-0.15, -0.1) is 11.3 Å². The molecule has 0 spiro atoms. The lowest BCUT2D eigenvalue weighted by Crippen LogP contribution is -2.32. The van der Waals surface area contributed by atoms with Gasteiger partial charge < -0.3 is 4.90 Å². The summed E-state index contributed by atoms with van der Waals surface area (Å²) in [5.74, 6) is -0.357. The Balaban J connectivity index is 1.64. The van der Waals surface area contributed by atoms with E-state index in [0.29, 0.717) is 11.5 Å². The lowest BCUT2D eigenvalue weighted by Gasteiger charge is -2.17. The monoisotopic (exact) mass is 393 g/mol. The van der Waals surface area contributed by atoms with E-state index in [1.54, 1.807) is 18.6 Å². The van der Waals surface area contributed by atoms with Crippen LogP contribution in [0, 0.1) is 13.8 Å². The van der Waals surface area contributed by atoms with Gasteiger partial charge in [-0.25, -0.2) is 9.67 Å². The molecule has 0 unspecified atom stereocenters. The number of nitrogens with zero attached hydrogens (tertiary/aromatic N) is 5. The maximum absolute atomic E-state index is 12.9. The Hall–Kier alpha value is -3.26. The second-order valence-corrected chi connectivity index (χ2v) is 7.46. The molecular weight excluding hydrogens is 374 g/mol. The molecule has 0 aliphatic heterocycles. The predicted octanol–water partition coefficient (Wildman–Crippen LogP) is 2.83. The first-order valence-corrected chi connectivity index (χ1v) is 9.66. The van der Waals surface area contributed by atoms with E-state index in [4.69, 9.17) is 0 Å². The molecule has 8 heteroatoms. The van der Waals surface area contributed by atoms with Crippen molar-refractivity contribution >= 4 is 22.2 Å². The van der Waals surface area contributed by atoms with Crippen molar-refractivity contribution in [3.63, 3.8) is 0 Å². The third kappa shape index (κ3) is 3.01. The minimum atomic E-state index is -0.357. The Bertz CT molecular complexity index is 1220. The molecule has 0 fully saturated rings. The quantitative estimate of drug-likeness (QED) is 0.534. The second-order valence-electron chi connectivity index (χ2n) is 6.59. The molecule has 142 valence electrons. The highest BCUT2D eigenvalue weighted by Crippen LogP contribution is 2.19. The molecule has 0 N–H and O–H groups in total. The molecule has 3 aromatic heterocycles. The van der Waals surface area contributed by atoms with E-state index in [0.717, 1.165) is 22.6 Å². The Morgan fingerprint density at radius 3 is 2.71 bits per heavy atom. The lowest BCUT2D eigenvalue weighted by atomic mass is 10.1. The van der Waals surface area contributed by atoms with Crippen LogP contribution >= 0.6 is 11.3 Å². The Kier molecular flexibility index (Phi) is 4.56. The Labute approximate surface area is 165 Å². The number of hydrogen-bond donors (Lipinski definition) is 0. The van der Waals surface area contributed by atoms with Crippen LogP contribution in [0.5, 0.6) is 0 Å². The minimum Gasteiger partial charge on any atom is -0.337 e. The van der Waals surface area contributed by atoms with Crippen LogP contribution in [0.4, 0.5) is 0 Å². The van der Waals surface area contributed by atoms with E-state index in [1.807, 2.05) is 48.9 Å². The molecule has 0 aliphatic rings. The third-order valence-corrected chi connectivity index (χ3v) is 5.53. The van der Waals surface area contributed by atoms with Crippen molar-refractivity contribution < 1.29 is 4.79 Å². The molecule has 4 aromatic rings. The molecule has 0 saturated heterocycles. The van der Waals surface area contributed by atoms with Gasteiger partial charge in [0, 0.05) is 42.6 Å². The molecule has 4 rings (SSSR count). The summed E-state index contributed by atoms with van der Waals surface area (Å²) in [5.41, 5.74) is 3.45. The SMILES string of the molecule is Cc1nn(-c2ccccc2)c(C)c1CN(C)C(=O)c1cnc2sccn2c1=O. The molecule has 0 bridgehead atoms. The standard InChI is InChI=1S/C20H19N5O2S/c1-13-17(14(2)25(22-13)15-7-5-4-6-8-15)12-23(3)18(26)16-11-21-20-24(19(16)27)9-10-28-20/h4-11H,12H2,1-3H3. The van der Waals surface area contributed by atoms with Gasteiger partial charge in [-0.2, -0.15) is 5.10 Å². The topological polar surface area (TPSA) is 72.5 Å². The summed E-state index contributed by atoms with van der Waals surface area (Å²) in [4.78, 5) is 31.8. The summed E-state index contributed by atoms with van der Waals surface area (Å²) in [5, 5.41) is 6.39. The van der Waals surface area contributed by atoms with Crippen LogP contribution in [0.2, 0.25) is 0 Å². The Morgan fingerprint density at radius 2 is 1.96 bits per heavy atom. The zero-order valence-electron chi connectivity index (χ0n) is 15.8. The van der Waals surface area contributed by atoms with Crippen molar-refractivity contribution in [2.24, 2.45) is 0 Å². The van der Waals surface area contributed by atoms with Crippen LogP contribution in [0.25, 0.3) is 10.6 Å². The number of carbonyl (C=O) groups excluding carboxylic acids is 1. The number of aryl methyl sites for hydroxylation is 1. The van der Waals surface area contributed by atoms with Crippen LogP contribution in [-0.4, -0.2) is 37.0 Å². The molecular formula is C20H19N5O2S. The second kappa shape index (κ2) is 7.05. The van der Waals surface area contributed by atoms with Gasteiger partial charge in [-0.1, -0.05) is 18.2 Å². The van der Waals surface area contributed by atoms with Gasteiger partial charge in [0.05, 0.1) is 11.4 Å². The van der Waals surface area contributed by atoms with E-state index >= 15 is 0 Å². The maximum atomic E-state index is 12.9. The average molecular weight is 393 g/mol. The van der Waals surface area contributed by atoms with Gasteiger partial charge in [0.15, 0.2) is 4.96 Å². The van der Waals surface area contributed by atoms with Gasteiger partial charge in [-0.3, -0.25) is 14.0 Å². The summed E-state index contributed by atoms with van der Waals surface area (Å²) in [6.45, 7) is 4.26. The molecule has 0 atom stereocenters. The average Bonchev–Trinajstić information content (AvgIpc) is 3.29. The van der Waals surface area contributed by atoms with Crippen molar-refractivity contribution in [3.8, 4) is 5.69 Å². The summed E-state index contributed by atoms with van der Waals surface area (Å²) in [6, 6.07) is 9.85. The zero-order valence-corrected chi connectivity index (χ0v) is 16.6. The van der Waals surface area contributed by atoms with Gasteiger partial charge in [-0.05, 0) is 26.0 Å². The van der Waals surface area contributed by atoms with Gasteiger partial charge in [0.1, 0.15) is 5.56 Å². The first-order valence-electron chi connectivity index (χ1n) is 8.78. The molecule has 0 aliphatic carbocycles. The number of amides is 1. The summed E-state index contributed by atoms with van der Waals surface area (Å²) in [7, 11) is 1.68. The molecule has 1 aromatic carbocycles. The number of carbonyl (C=O) groups is 1. The van der Waals surface area contributed by atoms with Crippen molar-refractivity contribution in [2.75, 3.05) is 7.05 Å². The van der Waals surface area contributed by atoms with E-state index in [2.05, 4.69) is 10.1 Å². The van der Waals surface area contributed by atoms with Gasteiger partial charge in [0.25, 0.3) is 11.5 Å². The van der Waals surface area contributed by atoms with Crippen LogP contribution in [-0.2, 0) is 6.54 Å². The zero-order chi connectivity index (χ0) is 19.8. The van der Waals surface area contributed by atoms with E-state index in [-0.39, 0.29) is 17.0 Å². The number of benzene rings is 1. The lowest BCUT2D eigenvalue weighted by molar-refractivity contribution is 0.0782. The van der Waals surface area contributed by atoms with E-state index in [1.165, 1.54) is 26.8 Å². The molecule has 3 heterocycles. The summed E-state index contributed by atoms with van der Waals surface area (Å²) >= 11 is 1.35. The van der Waals surface area contributed by atoms with E-state index in [9.17, 15) is 9.59 Å². The molecule has 28 heavy (non-hydrogen) atoms. The van der Waals surface area contributed by atoms with Crippen molar-refractivity contribution in [1.29, 1.82) is 0 Å². The van der Waals surface area contributed by atoms with Crippen molar-refractivity contribution in [3.05, 3.63) is 81.0 Å². The fourth-order valence-corrected chi connectivity index (χ4v) is 3.89. The number of fused-ring (bicyclic) bond motifs is 1. The molecule has 1 amide bonds. The summed E-state index contributed by atoms with van der Waals surface area (Å²) in [6.07, 6.45) is 2.99. The third-order valence-electron chi connectivity index (χ3n) is 4.76. The first kappa shape index (κ1) is 18.1. The molecule has 0 radical (unpaired) electrons. The number of hydrogen-bond acceptors (Lipinski definition) is 5. The highest BCUT2D eigenvalue weighted by atomic mass is 32.1. The number of thiazole rings is 1. The fourth-order valence-electron chi connectivity index (χ4n) is 3.21. The predicted molar refractivity (Wildman–Crippen MR) is 108 cm³/mol. The number of aromatic nitrogens is 4. The highest BCUT2D eigenvalue weighted by molar-refractivity contribution is 7.15.